The Labute approximate surface area is 194 Å². The quantitative estimate of drug-likeness (QED) is 0.202. The van der Waals surface area contributed by atoms with Crippen molar-refractivity contribution >= 4 is 12.0 Å². The molecule has 0 saturated carbocycles. The van der Waals surface area contributed by atoms with Gasteiger partial charge in [0.1, 0.15) is 12.4 Å². The van der Waals surface area contributed by atoms with Crippen LogP contribution in [0.15, 0.2) is 42.0 Å². The maximum Gasteiger partial charge on any atom is 0.330 e. The molecule has 172 valence electrons. The molecule has 3 heteroatoms. The average Bonchev–Trinajstić information content (AvgIpc) is 2.72. The van der Waals surface area contributed by atoms with E-state index in [-0.39, 0.29) is 16.8 Å². The summed E-state index contributed by atoms with van der Waals surface area (Å²) in [7, 11) is 0. The van der Waals surface area contributed by atoms with E-state index in [1.807, 2.05) is 32.1 Å². The van der Waals surface area contributed by atoms with Gasteiger partial charge < -0.3 is 9.47 Å². The molecule has 0 atom stereocenters. The number of esters is 1. The molecule has 0 radical (unpaired) electrons. The van der Waals surface area contributed by atoms with Gasteiger partial charge in [0.2, 0.25) is 0 Å². The molecule has 1 aromatic rings. The first-order valence-corrected chi connectivity index (χ1v) is 11.6. The average molecular weight is 435 g/mol. The lowest BCUT2D eigenvalue weighted by Crippen LogP contribution is -2.34. The third kappa shape index (κ3) is 6.89. The number of hydrogen-bond donors (Lipinski definition) is 0. The van der Waals surface area contributed by atoms with Crippen LogP contribution < -0.4 is 4.74 Å². The van der Waals surface area contributed by atoms with Crippen LogP contribution >= 0.6 is 0 Å². The molecule has 0 aliphatic heterocycles. The summed E-state index contributed by atoms with van der Waals surface area (Å²) in [6.45, 7) is 15.8. The predicted molar refractivity (Wildman–Crippen MR) is 134 cm³/mol. The summed E-state index contributed by atoms with van der Waals surface area (Å²) in [6.07, 6.45) is 12.5. The van der Waals surface area contributed by atoms with E-state index in [1.165, 1.54) is 17.2 Å². The molecule has 0 spiro atoms. The molecule has 0 amide bonds. The summed E-state index contributed by atoms with van der Waals surface area (Å²) in [5.41, 5.74) is 4.89. The summed E-state index contributed by atoms with van der Waals surface area (Å²) in [4.78, 5) is 11.6. The molecule has 2 rings (SSSR count). The number of fused-ring (bicyclic) bond motifs is 1. The Morgan fingerprint density at radius 2 is 1.69 bits per heavy atom. The second-order valence-electron chi connectivity index (χ2n) is 9.56. The van der Waals surface area contributed by atoms with Gasteiger partial charge in [-0.2, -0.15) is 0 Å². The van der Waals surface area contributed by atoms with E-state index in [2.05, 4.69) is 57.7 Å². The van der Waals surface area contributed by atoms with E-state index in [4.69, 9.17) is 9.47 Å². The highest BCUT2D eigenvalue weighted by atomic mass is 16.5. The van der Waals surface area contributed by atoms with Crippen LogP contribution in [-0.2, 0) is 20.4 Å². The first-order valence-electron chi connectivity index (χ1n) is 11.6. The molecule has 0 fully saturated rings. The minimum Gasteiger partial charge on any atom is -0.480 e. The molecule has 32 heavy (non-hydrogen) atoms. The molecular weight excluding hydrogens is 396 g/mol. The van der Waals surface area contributed by atoms with Crippen LogP contribution in [0.4, 0.5) is 0 Å². The zero-order valence-corrected chi connectivity index (χ0v) is 20.8. The van der Waals surface area contributed by atoms with Crippen molar-refractivity contribution in [3.63, 3.8) is 0 Å². The molecule has 1 aromatic carbocycles. The SMILES string of the molecule is CCC#CCOc1cc2c(cc1C=CC=CC(C)=CC(=O)OCC)C(C)(C)CCC2(C)C. The summed E-state index contributed by atoms with van der Waals surface area (Å²) >= 11 is 0. The van der Waals surface area contributed by atoms with Crippen LogP contribution in [0.5, 0.6) is 5.75 Å². The Hall–Kier alpha value is -2.73. The Morgan fingerprint density at radius 3 is 2.31 bits per heavy atom. The van der Waals surface area contributed by atoms with Gasteiger partial charge in [0.25, 0.3) is 0 Å². The lowest BCUT2D eigenvalue weighted by Gasteiger charge is -2.42. The van der Waals surface area contributed by atoms with E-state index >= 15 is 0 Å². The van der Waals surface area contributed by atoms with Gasteiger partial charge in [-0.05, 0) is 66.4 Å². The van der Waals surface area contributed by atoms with E-state index in [0.717, 1.165) is 36.1 Å². The number of carbonyl (C=O) groups excluding carboxylic acids is 1. The largest absolute Gasteiger partial charge is 0.480 e. The zero-order valence-electron chi connectivity index (χ0n) is 20.8. The van der Waals surface area contributed by atoms with Crippen LogP contribution in [-0.4, -0.2) is 19.2 Å². The fourth-order valence-electron chi connectivity index (χ4n) is 3.94. The lowest BCUT2D eigenvalue weighted by molar-refractivity contribution is -0.137. The first kappa shape index (κ1) is 25.5. The van der Waals surface area contributed by atoms with E-state index in [0.29, 0.717) is 13.2 Å². The van der Waals surface area contributed by atoms with Crippen molar-refractivity contribution in [3.05, 3.63) is 58.7 Å². The Bertz CT molecular complexity index is 962. The van der Waals surface area contributed by atoms with Crippen molar-refractivity contribution in [2.24, 2.45) is 0 Å². The molecule has 1 aliphatic carbocycles. The molecular formula is C29H38O3. The van der Waals surface area contributed by atoms with Crippen LogP contribution in [0.2, 0.25) is 0 Å². The van der Waals surface area contributed by atoms with Gasteiger partial charge in [0.15, 0.2) is 0 Å². The maximum absolute atomic E-state index is 11.6. The van der Waals surface area contributed by atoms with Crippen molar-refractivity contribution in [1.82, 2.24) is 0 Å². The maximum atomic E-state index is 11.6. The number of allylic oxidation sites excluding steroid dienone is 4. The normalized spacial score (nSPS) is 17.0. The zero-order chi connectivity index (χ0) is 23.8. The van der Waals surface area contributed by atoms with Crippen LogP contribution in [0.1, 0.15) is 84.4 Å². The van der Waals surface area contributed by atoms with Crippen molar-refractivity contribution in [1.29, 1.82) is 0 Å². The number of rotatable bonds is 7. The van der Waals surface area contributed by atoms with Crippen LogP contribution in [0, 0.1) is 11.8 Å². The molecule has 0 unspecified atom stereocenters. The number of ether oxygens (including phenoxy) is 2. The van der Waals surface area contributed by atoms with Gasteiger partial charge in [0.05, 0.1) is 6.61 Å². The Balaban J connectivity index is 2.38. The van der Waals surface area contributed by atoms with Crippen LogP contribution in [0.25, 0.3) is 6.08 Å². The van der Waals surface area contributed by atoms with Gasteiger partial charge in [-0.3, -0.25) is 0 Å². The third-order valence-electron chi connectivity index (χ3n) is 5.96. The van der Waals surface area contributed by atoms with Crippen molar-refractivity contribution in [2.75, 3.05) is 13.2 Å². The summed E-state index contributed by atoms with van der Waals surface area (Å²) in [6, 6.07) is 4.50. The predicted octanol–water partition coefficient (Wildman–Crippen LogP) is 6.91. The third-order valence-corrected chi connectivity index (χ3v) is 5.96. The molecule has 1 aliphatic rings. The first-order chi connectivity index (χ1) is 15.1. The minimum absolute atomic E-state index is 0.120. The van der Waals surface area contributed by atoms with E-state index < -0.39 is 0 Å². The molecule has 0 bridgehead atoms. The molecule has 0 saturated heterocycles. The van der Waals surface area contributed by atoms with Gasteiger partial charge in [-0.25, -0.2) is 4.79 Å². The van der Waals surface area contributed by atoms with E-state index in [1.54, 1.807) is 6.92 Å². The van der Waals surface area contributed by atoms with Gasteiger partial charge in [-0.1, -0.05) is 64.8 Å². The number of hydrogen-bond acceptors (Lipinski definition) is 3. The topological polar surface area (TPSA) is 35.5 Å². The van der Waals surface area contributed by atoms with E-state index in [9.17, 15) is 4.79 Å². The van der Waals surface area contributed by atoms with Crippen LogP contribution in [0.3, 0.4) is 0 Å². The van der Waals surface area contributed by atoms with Gasteiger partial charge in [-0.15, -0.1) is 5.92 Å². The lowest BCUT2D eigenvalue weighted by atomic mass is 9.63. The van der Waals surface area contributed by atoms with Crippen molar-refractivity contribution in [2.45, 2.75) is 78.6 Å². The summed E-state index contributed by atoms with van der Waals surface area (Å²) < 4.78 is 11.1. The van der Waals surface area contributed by atoms with Gasteiger partial charge in [0, 0.05) is 18.1 Å². The smallest absolute Gasteiger partial charge is 0.330 e. The summed E-state index contributed by atoms with van der Waals surface area (Å²) in [5, 5.41) is 0. The monoisotopic (exact) mass is 434 g/mol. The number of carbonyl (C=O) groups is 1. The molecule has 0 aromatic heterocycles. The second kappa shape index (κ2) is 11.2. The number of benzene rings is 1. The highest BCUT2D eigenvalue weighted by Gasteiger charge is 2.37. The second-order valence-corrected chi connectivity index (χ2v) is 9.56. The van der Waals surface area contributed by atoms with Gasteiger partial charge >= 0.3 is 5.97 Å². The van der Waals surface area contributed by atoms with Crippen molar-refractivity contribution < 1.29 is 14.3 Å². The molecule has 3 nitrogen and oxygen atoms in total. The highest BCUT2D eigenvalue weighted by molar-refractivity contribution is 5.83. The summed E-state index contributed by atoms with van der Waals surface area (Å²) in [5.74, 6) is 6.69. The molecule has 0 N–H and O–H groups in total. The molecule has 0 heterocycles. The highest BCUT2D eigenvalue weighted by Crippen LogP contribution is 2.47. The fourth-order valence-corrected chi connectivity index (χ4v) is 3.94. The Morgan fingerprint density at radius 1 is 1.03 bits per heavy atom. The standard InChI is InChI=1S/C29H38O3/c1-8-10-13-18-32-26-21-25-24(28(4,5)16-17-29(25,6)7)20-23(26)15-12-11-14-22(3)19-27(30)31-9-2/h11-12,14-15,19-21H,8-9,16-18H2,1-7H3. The Kier molecular flexibility index (Phi) is 8.96. The minimum atomic E-state index is -0.318. The van der Waals surface area contributed by atoms with Crippen molar-refractivity contribution in [3.8, 4) is 17.6 Å². The fraction of sp³-hybridized carbons (Fsp3) is 0.483.